The van der Waals surface area contributed by atoms with Crippen molar-refractivity contribution < 1.29 is 0 Å². The molecule has 0 bridgehead atoms. The molecule has 0 unspecified atom stereocenters. The fourth-order valence-corrected chi connectivity index (χ4v) is 1.20. The molecule has 2 heteroatoms. The van der Waals surface area contributed by atoms with E-state index in [1.165, 1.54) is 18.4 Å². The molecule has 0 aromatic rings. The van der Waals surface area contributed by atoms with Gasteiger partial charge < -0.3 is 11.5 Å². The molecule has 0 saturated heterocycles. The van der Waals surface area contributed by atoms with Crippen LogP contribution in [-0.2, 0) is 0 Å². The highest BCUT2D eigenvalue weighted by atomic mass is 14.9. The van der Waals surface area contributed by atoms with Gasteiger partial charge in [-0.3, -0.25) is 0 Å². The van der Waals surface area contributed by atoms with E-state index in [1.807, 2.05) is 0 Å². The summed E-state index contributed by atoms with van der Waals surface area (Å²) in [5.74, 6) is 0. The summed E-state index contributed by atoms with van der Waals surface area (Å²) < 4.78 is 0. The minimum atomic E-state index is -0.494. The fourth-order valence-electron chi connectivity index (χ4n) is 1.20. The first kappa shape index (κ1) is 12.7. The van der Waals surface area contributed by atoms with Crippen molar-refractivity contribution in [1.82, 2.24) is 0 Å². The third-order valence-electron chi connectivity index (χ3n) is 2.14. The van der Waals surface area contributed by atoms with E-state index in [9.17, 15) is 0 Å². The van der Waals surface area contributed by atoms with Gasteiger partial charge in [-0.15, -0.1) is 0 Å². The first-order chi connectivity index (χ1) is 5.98. The summed E-state index contributed by atoms with van der Waals surface area (Å²) in [4.78, 5) is 0. The van der Waals surface area contributed by atoms with Crippen LogP contribution in [-0.4, -0.2) is 5.66 Å². The monoisotopic (exact) mass is 184 g/mol. The molecule has 0 amide bonds. The van der Waals surface area contributed by atoms with E-state index < -0.39 is 5.66 Å². The molecule has 0 rings (SSSR count). The molecule has 0 radical (unpaired) electrons. The molecule has 0 saturated carbocycles. The van der Waals surface area contributed by atoms with Crippen molar-refractivity contribution in [2.24, 2.45) is 11.5 Å². The van der Waals surface area contributed by atoms with E-state index in [1.54, 1.807) is 0 Å². The van der Waals surface area contributed by atoms with Crippen LogP contribution in [0.4, 0.5) is 0 Å². The third kappa shape index (κ3) is 8.00. The molecular formula is C11H24N2. The summed E-state index contributed by atoms with van der Waals surface area (Å²) in [7, 11) is 0. The maximum atomic E-state index is 5.94. The van der Waals surface area contributed by atoms with Crippen LogP contribution in [0, 0.1) is 0 Å². The number of unbranched alkanes of at least 4 members (excludes halogenated alkanes) is 2. The van der Waals surface area contributed by atoms with Gasteiger partial charge in [-0.25, -0.2) is 0 Å². The lowest BCUT2D eigenvalue weighted by molar-refractivity contribution is 0.393. The normalized spacial score (nSPS) is 11.5. The SMILES string of the molecule is CCCCCC(N)(N)CC=C(C)C. The maximum absolute atomic E-state index is 5.94. The standard InChI is InChI=1S/C11H24N2/c1-4-5-6-8-11(12,13)9-7-10(2)3/h7H,4-6,8-9,12-13H2,1-3H3. The minimum Gasteiger partial charge on any atom is -0.313 e. The van der Waals surface area contributed by atoms with Crippen LogP contribution in [0.3, 0.4) is 0 Å². The van der Waals surface area contributed by atoms with Gasteiger partial charge in [0.1, 0.15) is 0 Å². The topological polar surface area (TPSA) is 52.0 Å². The Labute approximate surface area is 82.4 Å². The second kappa shape index (κ2) is 6.17. The smallest absolute Gasteiger partial charge is 0.0672 e. The zero-order chi connectivity index (χ0) is 10.3. The first-order valence-electron chi connectivity index (χ1n) is 5.19. The summed E-state index contributed by atoms with van der Waals surface area (Å²) in [6, 6.07) is 0. The lowest BCUT2D eigenvalue weighted by Crippen LogP contribution is -2.48. The molecule has 0 aliphatic carbocycles. The molecule has 2 nitrogen and oxygen atoms in total. The van der Waals surface area contributed by atoms with Crippen LogP contribution >= 0.6 is 0 Å². The van der Waals surface area contributed by atoms with Gasteiger partial charge in [-0.05, 0) is 26.7 Å². The highest BCUT2D eigenvalue weighted by molar-refractivity contribution is 4.98. The zero-order valence-electron chi connectivity index (χ0n) is 9.27. The molecule has 0 aromatic heterocycles. The van der Waals surface area contributed by atoms with Crippen LogP contribution in [0.25, 0.3) is 0 Å². The molecule has 13 heavy (non-hydrogen) atoms. The molecular weight excluding hydrogens is 160 g/mol. The average Bonchev–Trinajstić information content (AvgIpc) is 2.02. The Bertz CT molecular complexity index is 155. The van der Waals surface area contributed by atoms with Crippen LogP contribution in [0.2, 0.25) is 0 Å². The van der Waals surface area contributed by atoms with Gasteiger partial charge in [0.25, 0.3) is 0 Å². The van der Waals surface area contributed by atoms with Gasteiger partial charge in [-0.2, -0.15) is 0 Å². The van der Waals surface area contributed by atoms with E-state index in [4.69, 9.17) is 11.5 Å². The number of allylic oxidation sites excluding steroid dienone is 1. The van der Waals surface area contributed by atoms with E-state index in [2.05, 4.69) is 26.8 Å². The molecule has 0 atom stereocenters. The number of rotatable bonds is 6. The molecule has 78 valence electrons. The van der Waals surface area contributed by atoms with Gasteiger partial charge >= 0.3 is 0 Å². The van der Waals surface area contributed by atoms with Crippen molar-refractivity contribution >= 4 is 0 Å². The lowest BCUT2D eigenvalue weighted by Gasteiger charge is -2.23. The van der Waals surface area contributed by atoms with Crippen molar-refractivity contribution in [3.63, 3.8) is 0 Å². The number of hydrogen-bond donors (Lipinski definition) is 2. The highest BCUT2D eigenvalue weighted by Gasteiger charge is 2.15. The van der Waals surface area contributed by atoms with Crippen LogP contribution in [0.1, 0.15) is 52.9 Å². The molecule has 0 aliphatic heterocycles. The molecule has 0 aromatic carbocycles. The number of nitrogens with two attached hydrogens (primary N) is 2. The van der Waals surface area contributed by atoms with Gasteiger partial charge in [0.15, 0.2) is 0 Å². The van der Waals surface area contributed by atoms with Gasteiger partial charge in [-0.1, -0.05) is 37.8 Å². The summed E-state index contributed by atoms with van der Waals surface area (Å²) in [6.07, 6.45) is 7.42. The van der Waals surface area contributed by atoms with Gasteiger partial charge in [0.05, 0.1) is 5.66 Å². The Balaban J connectivity index is 3.73. The van der Waals surface area contributed by atoms with Crippen molar-refractivity contribution in [3.8, 4) is 0 Å². The molecule has 0 spiro atoms. The average molecular weight is 184 g/mol. The summed E-state index contributed by atoms with van der Waals surface area (Å²) in [6.45, 7) is 6.33. The fraction of sp³-hybridized carbons (Fsp3) is 0.818. The van der Waals surface area contributed by atoms with Gasteiger partial charge in [0, 0.05) is 0 Å². The predicted octanol–water partition coefficient (Wildman–Crippen LogP) is 2.54. The highest BCUT2D eigenvalue weighted by Crippen LogP contribution is 2.12. The quantitative estimate of drug-likeness (QED) is 0.378. The molecule has 0 heterocycles. The maximum Gasteiger partial charge on any atom is 0.0672 e. The third-order valence-corrected chi connectivity index (χ3v) is 2.14. The molecule has 0 aliphatic rings. The van der Waals surface area contributed by atoms with E-state index >= 15 is 0 Å². The van der Waals surface area contributed by atoms with Crippen LogP contribution < -0.4 is 11.5 Å². The summed E-state index contributed by atoms with van der Waals surface area (Å²) >= 11 is 0. The largest absolute Gasteiger partial charge is 0.313 e. The molecule has 4 N–H and O–H groups in total. The van der Waals surface area contributed by atoms with Gasteiger partial charge in [0.2, 0.25) is 0 Å². The molecule has 0 fully saturated rings. The Morgan fingerprint density at radius 3 is 2.31 bits per heavy atom. The van der Waals surface area contributed by atoms with Crippen molar-refractivity contribution in [3.05, 3.63) is 11.6 Å². The van der Waals surface area contributed by atoms with Crippen molar-refractivity contribution in [2.75, 3.05) is 0 Å². The zero-order valence-corrected chi connectivity index (χ0v) is 9.27. The van der Waals surface area contributed by atoms with Crippen LogP contribution in [0.5, 0.6) is 0 Å². The second-order valence-corrected chi connectivity index (χ2v) is 4.18. The van der Waals surface area contributed by atoms with E-state index in [0.717, 1.165) is 19.3 Å². The minimum absolute atomic E-state index is 0.494. The van der Waals surface area contributed by atoms with E-state index in [0.29, 0.717) is 0 Å². The van der Waals surface area contributed by atoms with Crippen molar-refractivity contribution in [2.45, 2.75) is 58.5 Å². The Morgan fingerprint density at radius 1 is 1.23 bits per heavy atom. The Morgan fingerprint density at radius 2 is 1.85 bits per heavy atom. The van der Waals surface area contributed by atoms with Crippen LogP contribution in [0.15, 0.2) is 11.6 Å². The number of hydrogen-bond acceptors (Lipinski definition) is 2. The lowest BCUT2D eigenvalue weighted by atomic mass is 9.99. The summed E-state index contributed by atoms with van der Waals surface area (Å²) in [5.41, 5.74) is 12.7. The predicted molar refractivity (Wildman–Crippen MR) is 59.3 cm³/mol. The summed E-state index contributed by atoms with van der Waals surface area (Å²) in [5, 5.41) is 0. The first-order valence-corrected chi connectivity index (χ1v) is 5.19. The van der Waals surface area contributed by atoms with Crippen molar-refractivity contribution in [1.29, 1.82) is 0 Å². The second-order valence-electron chi connectivity index (χ2n) is 4.18. The Kier molecular flexibility index (Phi) is 6.00. The van der Waals surface area contributed by atoms with E-state index in [-0.39, 0.29) is 0 Å². The Hall–Kier alpha value is -0.340.